The van der Waals surface area contributed by atoms with E-state index in [1.54, 1.807) is 0 Å². The van der Waals surface area contributed by atoms with E-state index in [0.29, 0.717) is 0 Å². The Hall–Kier alpha value is -0.570. The Labute approximate surface area is 94.0 Å². The highest BCUT2D eigenvalue weighted by atomic mass is 16.2. The number of nitrogens with zero attached hydrogens (tertiary/aromatic N) is 1. The summed E-state index contributed by atoms with van der Waals surface area (Å²) in [5, 5.41) is 0. The Morgan fingerprint density at radius 2 is 1.93 bits per heavy atom. The van der Waals surface area contributed by atoms with Gasteiger partial charge >= 0.3 is 0 Å². The van der Waals surface area contributed by atoms with E-state index in [4.69, 9.17) is 5.73 Å². The number of hydrogen-bond acceptors (Lipinski definition) is 2. The van der Waals surface area contributed by atoms with Crippen molar-refractivity contribution in [3.8, 4) is 0 Å². The smallest absolute Gasteiger partial charge is 0.225 e. The Kier molecular flexibility index (Phi) is 7.39. The van der Waals surface area contributed by atoms with Crippen molar-refractivity contribution in [1.29, 1.82) is 0 Å². The Morgan fingerprint density at radius 1 is 1.33 bits per heavy atom. The zero-order valence-corrected chi connectivity index (χ0v) is 10.6. The van der Waals surface area contributed by atoms with Crippen molar-refractivity contribution in [3.63, 3.8) is 0 Å². The second-order valence-electron chi connectivity index (χ2n) is 4.57. The largest absolute Gasteiger partial charge is 0.346 e. The van der Waals surface area contributed by atoms with Crippen LogP contribution in [0.3, 0.4) is 0 Å². The molecule has 0 heterocycles. The van der Waals surface area contributed by atoms with Gasteiger partial charge in [0.25, 0.3) is 0 Å². The molecule has 90 valence electrons. The lowest BCUT2D eigenvalue weighted by Gasteiger charge is -2.20. The average molecular weight is 214 g/mol. The van der Waals surface area contributed by atoms with Crippen molar-refractivity contribution in [2.45, 2.75) is 52.5 Å². The maximum Gasteiger partial charge on any atom is 0.225 e. The van der Waals surface area contributed by atoms with Crippen LogP contribution in [0.5, 0.6) is 0 Å². The first-order chi connectivity index (χ1) is 6.99. The fraction of sp³-hybridized carbons (Fsp3) is 0.917. The van der Waals surface area contributed by atoms with Gasteiger partial charge in [-0.25, -0.2) is 0 Å². The molecule has 1 amide bonds. The van der Waals surface area contributed by atoms with E-state index in [2.05, 4.69) is 6.92 Å². The first-order valence-electron chi connectivity index (χ1n) is 5.99. The van der Waals surface area contributed by atoms with Crippen LogP contribution in [0.2, 0.25) is 0 Å². The molecule has 2 N–H and O–H groups in total. The van der Waals surface area contributed by atoms with Gasteiger partial charge in [0.2, 0.25) is 5.91 Å². The van der Waals surface area contributed by atoms with Crippen LogP contribution >= 0.6 is 0 Å². The lowest BCUT2D eigenvalue weighted by atomic mass is 10.0. The molecule has 3 nitrogen and oxygen atoms in total. The van der Waals surface area contributed by atoms with Crippen LogP contribution < -0.4 is 5.73 Å². The molecule has 0 rings (SSSR count). The van der Waals surface area contributed by atoms with Crippen molar-refractivity contribution >= 4 is 5.91 Å². The van der Waals surface area contributed by atoms with Crippen LogP contribution in [0.15, 0.2) is 0 Å². The first kappa shape index (κ1) is 14.4. The highest BCUT2D eigenvalue weighted by Gasteiger charge is 2.16. The van der Waals surface area contributed by atoms with Gasteiger partial charge in [0.1, 0.15) is 0 Å². The van der Waals surface area contributed by atoms with Crippen LogP contribution in [0.25, 0.3) is 0 Å². The topological polar surface area (TPSA) is 46.3 Å². The van der Waals surface area contributed by atoms with E-state index in [1.165, 1.54) is 0 Å². The minimum Gasteiger partial charge on any atom is -0.346 e. The molecule has 0 aromatic rings. The molecule has 2 unspecified atom stereocenters. The van der Waals surface area contributed by atoms with E-state index in [0.717, 1.165) is 32.2 Å². The second kappa shape index (κ2) is 7.69. The van der Waals surface area contributed by atoms with Crippen LogP contribution in [0.1, 0.15) is 46.5 Å². The zero-order chi connectivity index (χ0) is 11.8. The molecule has 0 aliphatic rings. The predicted molar refractivity (Wildman–Crippen MR) is 64.6 cm³/mol. The number of nitrogens with two attached hydrogens (primary N) is 1. The van der Waals surface area contributed by atoms with Crippen LogP contribution in [0, 0.1) is 5.92 Å². The number of hydrogen-bond donors (Lipinski definition) is 1. The van der Waals surface area contributed by atoms with E-state index >= 15 is 0 Å². The third-order valence-electron chi connectivity index (χ3n) is 2.65. The fourth-order valence-corrected chi connectivity index (χ4v) is 1.69. The molecule has 3 heteroatoms. The van der Waals surface area contributed by atoms with Crippen LogP contribution in [0.4, 0.5) is 0 Å². The number of carbonyl (C=O) groups excluding carboxylic acids is 1. The summed E-state index contributed by atoms with van der Waals surface area (Å²) in [6.45, 7) is 6.96. The molecule has 0 spiro atoms. The lowest BCUT2D eigenvalue weighted by molar-refractivity contribution is -0.133. The van der Waals surface area contributed by atoms with E-state index in [-0.39, 0.29) is 17.9 Å². The summed E-state index contributed by atoms with van der Waals surface area (Å²) >= 11 is 0. The lowest BCUT2D eigenvalue weighted by Crippen LogP contribution is -2.32. The van der Waals surface area contributed by atoms with Crippen molar-refractivity contribution < 1.29 is 4.79 Å². The number of rotatable bonds is 7. The van der Waals surface area contributed by atoms with E-state index < -0.39 is 0 Å². The molecular weight excluding hydrogens is 188 g/mol. The van der Waals surface area contributed by atoms with Gasteiger partial charge < -0.3 is 10.6 Å². The van der Waals surface area contributed by atoms with Gasteiger partial charge in [0, 0.05) is 25.6 Å². The average Bonchev–Trinajstić information content (AvgIpc) is 2.16. The maximum atomic E-state index is 11.8. The van der Waals surface area contributed by atoms with Gasteiger partial charge in [-0.15, -0.1) is 0 Å². The fourth-order valence-electron chi connectivity index (χ4n) is 1.69. The summed E-state index contributed by atoms with van der Waals surface area (Å²) in [4.78, 5) is 13.6. The predicted octanol–water partition coefficient (Wildman–Crippen LogP) is 2.01. The van der Waals surface area contributed by atoms with Gasteiger partial charge in [0.15, 0.2) is 0 Å². The molecule has 0 aromatic carbocycles. The molecule has 0 aliphatic heterocycles. The molecule has 0 bridgehead atoms. The Bertz CT molecular complexity index is 180. The molecule has 0 fully saturated rings. The molecule has 0 saturated carbocycles. The summed E-state index contributed by atoms with van der Waals surface area (Å²) in [6.07, 6.45) is 4.03. The highest BCUT2D eigenvalue weighted by molar-refractivity contribution is 5.78. The molecule has 0 aromatic heterocycles. The normalized spacial score (nSPS) is 14.7. The van der Waals surface area contributed by atoms with Crippen molar-refractivity contribution in [3.05, 3.63) is 0 Å². The van der Waals surface area contributed by atoms with Crippen LogP contribution in [-0.2, 0) is 4.79 Å². The zero-order valence-electron chi connectivity index (χ0n) is 10.6. The third kappa shape index (κ3) is 6.50. The third-order valence-corrected chi connectivity index (χ3v) is 2.65. The van der Waals surface area contributed by atoms with Gasteiger partial charge in [-0.1, -0.05) is 20.3 Å². The molecule has 0 aliphatic carbocycles. The van der Waals surface area contributed by atoms with Crippen molar-refractivity contribution in [2.24, 2.45) is 11.7 Å². The van der Waals surface area contributed by atoms with Crippen molar-refractivity contribution in [2.75, 3.05) is 13.6 Å². The highest BCUT2D eigenvalue weighted by Crippen LogP contribution is 2.11. The Morgan fingerprint density at radius 3 is 2.40 bits per heavy atom. The SMILES string of the molecule is CCCN(C)C(=O)C(C)CCCC(C)N. The van der Waals surface area contributed by atoms with E-state index in [9.17, 15) is 4.79 Å². The summed E-state index contributed by atoms with van der Waals surface area (Å²) in [6, 6.07) is 0.251. The first-order valence-corrected chi connectivity index (χ1v) is 5.99. The van der Waals surface area contributed by atoms with Gasteiger partial charge in [-0.3, -0.25) is 4.79 Å². The quantitative estimate of drug-likeness (QED) is 0.704. The van der Waals surface area contributed by atoms with Gasteiger partial charge in [0.05, 0.1) is 0 Å². The molecule has 2 atom stereocenters. The maximum absolute atomic E-state index is 11.8. The van der Waals surface area contributed by atoms with Crippen LogP contribution in [-0.4, -0.2) is 30.4 Å². The monoisotopic (exact) mass is 214 g/mol. The van der Waals surface area contributed by atoms with Gasteiger partial charge in [-0.05, 0) is 26.2 Å². The minimum absolute atomic E-state index is 0.139. The molecular formula is C12H26N2O. The summed E-state index contributed by atoms with van der Waals surface area (Å²) < 4.78 is 0. The molecule has 15 heavy (non-hydrogen) atoms. The van der Waals surface area contributed by atoms with Crippen molar-refractivity contribution in [1.82, 2.24) is 4.90 Å². The molecule has 0 saturated heterocycles. The van der Waals surface area contributed by atoms with E-state index in [1.807, 2.05) is 25.8 Å². The number of amides is 1. The van der Waals surface area contributed by atoms with Gasteiger partial charge in [-0.2, -0.15) is 0 Å². The standard InChI is InChI=1S/C12H26N2O/c1-5-9-14(4)12(15)10(2)7-6-8-11(3)13/h10-11H,5-9,13H2,1-4H3. The second-order valence-corrected chi connectivity index (χ2v) is 4.57. The summed E-state index contributed by atoms with van der Waals surface area (Å²) in [7, 11) is 1.88. The summed E-state index contributed by atoms with van der Waals surface area (Å²) in [5.74, 6) is 0.404. The Balaban J connectivity index is 3.78. The molecule has 0 radical (unpaired) electrons. The number of carbonyl (C=O) groups is 1. The minimum atomic E-state index is 0.139. The summed E-state index contributed by atoms with van der Waals surface area (Å²) in [5.41, 5.74) is 5.67.